The molecule has 0 radical (unpaired) electrons. The lowest BCUT2D eigenvalue weighted by molar-refractivity contribution is -0.167. The van der Waals surface area contributed by atoms with Crippen LogP contribution in [0, 0.1) is 0 Å². The topological polar surface area (TPSA) is 78.9 Å². The van der Waals surface area contributed by atoms with E-state index in [4.69, 9.17) is 14.2 Å². The second kappa shape index (κ2) is 67.3. The highest BCUT2D eigenvalue weighted by atomic mass is 16.6. The van der Waals surface area contributed by atoms with Gasteiger partial charge in [0.2, 0.25) is 0 Å². The largest absolute Gasteiger partial charge is 0.462 e. The van der Waals surface area contributed by atoms with E-state index < -0.39 is 6.10 Å². The van der Waals surface area contributed by atoms with Crippen molar-refractivity contribution < 1.29 is 28.6 Å². The van der Waals surface area contributed by atoms with Crippen molar-refractivity contribution >= 4 is 17.9 Å². The summed E-state index contributed by atoms with van der Waals surface area (Å²) in [6.07, 6.45) is 93.8. The zero-order valence-corrected chi connectivity index (χ0v) is 52.3. The molecule has 0 aliphatic rings. The minimum atomic E-state index is -0.812. The molecule has 0 aliphatic heterocycles. The summed E-state index contributed by atoms with van der Waals surface area (Å²) in [6.45, 7) is 6.35. The zero-order chi connectivity index (χ0) is 57.8. The van der Waals surface area contributed by atoms with E-state index in [0.717, 1.165) is 116 Å². The van der Waals surface area contributed by atoms with Crippen LogP contribution in [0.1, 0.15) is 310 Å². The molecule has 6 heteroatoms. The fraction of sp³-hybridized carbons (Fsp3) is 0.689. The smallest absolute Gasteiger partial charge is 0.306 e. The summed E-state index contributed by atoms with van der Waals surface area (Å²) in [7, 11) is 0. The van der Waals surface area contributed by atoms with Crippen molar-refractivity contribution in [2.24, 2.45) is 0 Å². The van der Waals surface area contributed by atoms with Crippen molar-refractivity contribution in [2.75, 3.05) is 13.2 Å². The van der Waals surface area contributed by atoms with Crippen molar-refractivity contribution in [3.63, 3.8) is 0 Å². The molecule has 1 unspecified atom stereocenters. The standard InChI is InChI=1S/C74H124O6/c1-4-7-10-13-16-19-22-25-27-29-30-31-32-33-34-35-36-37-38-39-40-41-42-43-44-46-47-49-52-55-58-61-64-67-73(76)79-70-71(69-78-72(75)66-63-60-57-54-51-24-21-18-15-12-9-6-3)80-74(77)68-65-62-59-56-53-50-48-45-28-26-23-20-17-14-11-8-5-2/h7-8,10-11,16-21,25-28,30-31,48,50,56,59,71H,4-6,9,12-15,22-24,29,32-47,49,51-55,57-58,60-70H2,1-3H3/b10-7-,11-8-,19-16-,20-17-,21-18-,27-25-,28-26-,31-30-,50-48-,59-56-. The van der Waals surface area contributed by atoms with Gasteiger partial charge in [-0.05, 0) is 122 Å². The third kappa shape index (κ3) is 64.6. The molecule has 0 aromatic carbocycles. The Morgan fingerprint density at radius 2 is 0.500 bits per heavy atom. The molecule has 0 N–H and O–H groups in total. The van der Waals surface area contributed by atoms with Crippen LogP contribution in [-0.4, -0.2) is 37.2 Å². The van der Waals surface area contributed by atoms with Crippen molar-refractivity contribution in [3.05, 3.63) is 122 Å². The molecular formula is C74H124O6. The molecule has 0 rings (SSSR count). The molecule has 0 fully saturated rings. The molecule has 0 aromatic rings. The van der Waals surface area contributed by atoms with Crippen molar-refractivity contribution in [3.8, 4) is 0 Å². The highest BCUT2D eigenvalue weighted by molar-refractivity contribution is 5.71. The number of carbonyl (C=O) groups excluding carboxylic acids is 3. The Hall–Kier alpha value is -4.19. The van der Waals surface area contributed by atoms with Gasteiger partial charge in [-0.1, -0.05) is 290 Å². The number of hydrogen-bond acceptors (Lipinski definition) is 6. The lowest BCUT2D eigenvalue weighted by atomic mass is 10.0. The molecule has 6 nitrogen and oxygen atoms in total. The van der Waals surface area contributed by atoms with E-state index in [0.29, 0.717) is 19.3 Å². The zero-order valence-electron chi connectivity index (χ0n) is 52.3. The van der Waals surface area contributed by atoms with Crippen LogP contribution >= 0.6 is 0 Å². The lowest BCUT2D eigenvalue weighted by Gasteiger charge is -2.18. The number of hydrogen-bond donors (Lipinski definition) is 0. The molecule has 0 saturated carbocycles. The minimum absolute atomic E-state index is 0.102. The van der Waals surface area contributed by atoms with Gasteiger partial charge < -0.3 is 14.2 Å². The summed E-state index contributed by atoms with van der Waals surface area (Å²) >= 11 is 0. The SMILES string of the molecule is CC/C=C\C/C=C\C/C=C\C/C=C\C/C=C\CCCC(=O)OC(COC(=O)CCCCCCC/C=C\CCCCC)COC(=O)CCCCCCCCCCCCCCCCCCCCCC/C=C\C/C=C\C/C=C\C/C=C\CC. The molecule has 0 spiro atoms. The van der Waals surface area contributed by atoms with Gasteiger partial charge in [0, 0.05) is 19.3 Å². The van der Waals surface area contributed by atoms with Gasteiger partial charge >= 0.3 is 17.9 Å². The molecule has 0 aliphatic carbocycles. The van der Waals surface area contributed by atoms with E-state index >= 15 is 0 Å². The first-order valence-electron chi connectivity index (χ1n) is 33.5. The van der Waals surface area contributed by atoms with E-state index in [1.807, 2.05) is 0 Å². The van der Waals surface area contributed by atoms with Gasteiger partial charge in [0.05, 0.1) is 0 Å². The summed E-state index contributed by atoms with van der Waals surface area (Å²) in [4.78, 5) is 38.2. The molecule has 80 heavy (non-hydrogen) atoms. The maximum Gasteiger partial charge on any atom is 0.306 e. The summed E-state index contributed by atoms with van der Waals surface area (Å²) in [5.41, 5.74) is 0. The van der Waals surface area contributed by atoms with Gasteiger partial charge in [0.1, 0.15) is 13.2 Å². The summed E-state index contributed by atoms with van der Waals surface area (Å²) < 4.78 is 16.9. The van der Waals surface area contributed by atoms with E-state index in [9.17, 15) is 14.4 Å². The van der Waals surface area contributed by atoms with Crippen LogP contribution in [0.4, 0.5) is 0 Å². The van der Waals surface area contributed by atoms with E-state index in [2.05, 4.69) is 142 Å². The Labute approximate surface area is 494 Å². The third-order valence-corrected chi connectivity index (χ3v) is 14.2. The van der Waals surface area contributed by atoms with Crippen molar-refractivity contribution in [1.82, 2.24) is 0 Å². The predicted octanol–water partition coefficient (Wildman–Crippen LogP) is 23.2. The number of esters is 3. The molecule has 0 amide bonds. The van der Waals surface area contributed by atoms with Gasteiger partial charge in [0.15, 0.2) is 6.10 Å². The Morgan fingerprint density at radius 3 is 0.812 bits per heavy atom. The van der Waals surface area contributed by atoms with Crippen LogP contribution in [-0.2, 0) is 28.6 Å². The van der Waals surface area contributed by atoms with E-state index in [-0.39, 0.29) is 37.5 Å². The highest BCUT2D eigenvalue weighted by Gasteiger charge is 2.19. The van der Waals surface area contributed by atoms with Gasteiger partial charge in [-0.2, -0.15) is 0 Å². The number of allylic oxidation sites excluding steroid dienone is 20. The highest BCUT2D eigenvalue weighted by Crippen LogP contribution is 2.17. The molecule has 0 heterocycles. The normalized spacial score (nSPS) is 12.9. The Bertz CT molecular complexity index is 1650. The second-order valence-corrected chi connectivity index (χ2v) is 22.0. The molecular weight excluding hydrogens is 985 g/mol. The first-order valence-corrected chi connectivity index (χ1v) is 33.5. The summed E-state index contributed by atoms with van der Waals surface area (Å²) in [5, 5.41) is 0. The average Bonchev–Trinajstić information content (AvgIpc) is 3.46. The number of carbonyl (C=O) groups is 3. The quantitative estimate of drug-likeness (QED) is 0.0261. The third-order valence-electron chi connectivity index (χ3n) is 14.2. The first kappa shape index (κ1) is 75.8. The van der Waals surface area contributed by atoms with Gasteiger partial charge in [-0.25, -0.2) is 0 Å². The first-order chi connectivity index (χ1) is 39.5. The molecule has 1 atom stereocenters. The van der Waals surface area contributed by atoms with Crippen LogP contribution in [0.2, 0.25) is 0 Å². The Morgan fingerprint density at radius 1 is 0.263 bits per heavy atom. The number of unbranched alkanes of at least 4 members (excludes halogenated alkanes) is 29. The lowest BCUT2D eigenvalue weighted by Crippen LogP contribution is -2.30. The Balaban J connectivity index is 4.19. The van der Waals surface area contributed by atoms with Gasteiger partial charge in [0.25, 0.3) is 0 Å². The fourth-order valence-electron chi connectivity index (χ4n) is 9.23. The predicted molar refractivity (Wildman–Crippen MR) is 348 cm³/mol. The number of ether oxygens (including phenoxy) is 3. The maximum absolute atomic E-state index is 12.9. The van der Waals surface area contributed by atoms with Crippen LogP contribution in [0.3, 0.4) is 0 Å². The monoisotopic (exact) mass is 1110 g/mol. The fourth-order valence-corrected chi connectivity index (χ4v) is 9.23. The van der Waals surface area contributed by atoms with E-state index in [1.54, 1.807) is 0 Å². The average molecular weight is 1110 g/mol. The Kier molecular flexibility index (Phi) is 63.8. The second-order valence-electron chi connectivity index (χ2n) is 22.0. The number of rotatable bonds is 60. The van der Waals surface area contributed by atoms with E-state index in [1.165, 1.54) is 148 Å². The van der Waals surface area contributed by atoms with Gasteiger partial charge in [-0.3, -0.25) is 14.4 Å². The summed E-state index contributed by atoms with van der Waals surface area (Å²) in [6, 6.07) is 0. The van der Waals surface area contributed by atoms with Crippen LogP contribution < -0.4 is 0 Å². The van der Waals surface area contributed by atoms with Gasteiger partial charge in [-0.15, -0.1) is 0 Å². The molecule has 0 aromatic heterocycles. The molecule has 0 saturated heterocycles. The molecule has 0 bridgehead atoms. The van der Waals surface area contributed by atoms with Crippen LogP contribution in [0.15, 0.2) is 122 Å². The van der Waals surface area contributed by atoms with Crippen molar-refractivity contribution in [1.29, 1.82) is 0 Å². The van der Waals surface area contributed by atoms with Crippen molar-refractivity contribution in [2.45, 2.75) is 316 Å². The minimum Gasteiger partial charge on any atom is -0.462 e. The van der Waals surface area contributed by atoms with Crippen LogP contribution in [0.5, 0.6) is 0 Å². The molecule has 456 valence electrons. The van der Waals surface area contributed by atoms with Crippen LogP contribution in [0.25, 0.3) is 0 Å². The maximum atomic E-state index is 12.9. The summed E-state index contributed by atoms with van der Waals surface area (Å²) in [5.74, 6) is -0.963.